The fourth-order valence-corrected chi connectivity index (χ4v) is 3.03. The van der Waals surface area contributed by atoms with Gasteiger partial charge in [0, 0.05) is 4.90 Å². The van der Waals surface area contributed by atoms with Crippen molar-refractivity contribution in [2.75, 3.05) is 0 Å². The van der Waals surface area contributed by atoms with E-state index in [0.29, 0.717) is 0 Å². The van der Waals surface area contributed by atoms with Crippen LogP contribution in [0.5, 0.6) is 0 Å². The van der Waals surface area contributed by atoms with E-state index in [1.165, 1.54) is 37.4 Å². The van der Waals surface area contributed by atoms with Gasteiger partial charge in [0.1, 0.15) is 5.25 Å². The highest BCUT2D eigenvalue weighted by atomic mass is 32.2. The van der Waals surface area contributed by atoms with Crippen molar-refractivity contribution in [3.8, 4) is 0 Å². The molecule has 0 aliphatic carbocycles. The molecule has 0 saturated carbocycles. The molecule has 19 heavy (non-hydrogen) atoms. The lowest BCUT2D eigenvalue weighted by Crippen LogP contribution is -2.16. The molecule has 0 radical (unpaired) electrons. The van der Waals surface area contributed by atoms with Crippen LogP contribution >= 0.6 is 11.8 Å². The van der Waals surface area contributed by atoms with Gasteiger partial charge in [0.15, 0.2) is 0 Å². The van der Waals surface area contributed by atoms with Crippen LogP contribution in [0.25, 0.3) is 0 Å². The van der Waals surface area contributed by atoms with Gasteiger partial charge in [-0.25, -0.2) is 0 Å². The van der Waals surface area contributed by atoms with Gasteiger partial charge < -0.3 is 5.11 Å². The van der Waals surface area contributed by atoms with Crippen molar-refractivity contribution in [1.29, 1.82) is 0 Å². The summed E-state index contributed by atoms with van der Waals surface area (Å²) in [4.78, 5) is 12.3. The van der Waals surface area contributed by atoms with E-state index in [1.54, 1.807) is 0 Å². The van der Waals surface area contributed by atoms with Crippen LogP contribution in [0.3, 0.4) is 0 Å². The SMILES string of the molecule is CCCCCCCCC(Sc1ccccc1)C(=O)O. The van der Waals surface area contributed by atoms with Crippen LogP contribution in [0.2, 0.25) is 0 Å². The number of carboxylic acid groups (broad SMARTS) is 1. The Morgan fingerprint density at radius 2 is 1.74 bits per heavy atom. The van der Waals surface area contributed by atoms with Crippen molar-refractivity contribution in [3.63, 3.8) is 0 Å². The molecule has 1 unspecified atom stereocenters. The summed E-state index contributed by atoms with van der Waals surface area (Å²) in [6, 6.07) is 9.80. The first-order valence-electron chi connectivity index (χ1n) is 7.18. The number of carboxylic acids is 1. The molecule has 3 heteroatoms. The van der Waals surface area contributed by atoms with Crippen molar-refractivity contribution in [1.82, 2.24) is 0 Å². The van der Waals surface area contributed by atoms with E-state index in [9.17, 15) is 9.90 Å². The average Bonchev–Trinajstić information content (AvgIpc) is 2.42. The number of hydrogen-bond donors (Lipinski definition) is 1. The molecule has 0 fully saturated rings. The summed E-state index contributed by atoms with van der Waals surface area (Å²) in [7, 11) is 0. The first-order chi connectivity index (χ1) is 9.24. The van der Waals surface area contributed by atoms with E-state index in [-0.39, 0.29) is 5.25 Å². The quantitative estimate of drug-likeness (QED) is 0.485. The molecule has 0 aliphatic heterocycles. The Hall–Kier alpha value is -0.960. The highest BCUT2D eigenvalue weighted by molar-refractivity contribution is 8.00. The van der Waals surface area contributed by atoms with Crippen LogP contribution in [-0.4, -0.2) is 16.3 Å². The molecule has 0 aromatic heterocycles. The first kappa shape index (κ1) is 16.1. The fraction of sp³-hybridized carbons (Fsp3) is 0.562. The summed E-state index contributed by atoms with van der Waals surface area (Å²) in [6.45, 7) is 2.21. The van der Waals surface area contributed by atoms with E-state index in [4.69, 9.17) is 0 Å². The number of aliphatic carboxylic acids is 1. The number of hydrogen-bond acceptors (Lipinski definition) is 2. The summed E-state index contributed by atoms with van der Waals surface area (Å²) in [5.41, 5.74) is 0. The summed E-state index contributed by atoms with van der Waals surface area (Å²) < 4.78 is 0. The van der Waals surface area contributed by atoms with Crippen LogP contribution in [0.15, 0.2) is 35.2 Å². The number of thioether (sulfide) groups is 1. The molecule has 0 spiro atoms. The second-order valence-electron chi connectivity index (χ2n) is 4.81. The number of unbranched alkanes of at least 4 members (excludes halogenated alkanes) is 5. The van der Waals surface area contributed by atoms with Crippen LogP contribution in [0.4, 0.5) is 0 Å². The maximum absolute atomic E-state index is 11.2. The molecule has 1 rings (SSSR count). The Morgan fingerprint density at radius 1 is 1.11 bits per heavy atom. The van der Waals surface area contributed by atoms with Gasteiger partial charge in [0.05, 0.1) is 0 Å². The molecule has 0 aliphatic rings. The molecule has 0 heterocycles. The van der Waals surface area contributed by atoms with E-state index in [0.717, 1.165) is 24.2 Å². The maximum Gasteiger partial charge on any atom is 0.316 e. The minimum atomic E-state index is -0.692. The highest BCUT2D eigenvalue weighted by Crippen LogP contribution is 2.27. The lowest BCUT2D eigenvalue weighted by Gasteiger charge is -2.11. The Morgan fingerprint density at radius 3 is 2.37 bits per heavy atom. The normalized spacial score (nSPS) is 12.3. The third-order valence-electron chi connectivity index (χ3n) is 3.12. The topological polar surface area (TPSA) is 37.3 Å². The Balaban J connectivity index is 2.27. The van der Waals surface area contributed by atoms with E-state index in [2.05, 4.69) is 6.92 Å². The number of benzene rings is 1. The standard InChI is InChI=1S/C16H24O2S/c1-2-3-4-5-6-10-13-15(16(17)18)19-14-11-8-7-9-12-14/h7-9,11-12,15H,2-6,10,13H2,1H3,(H,17,18). The second-order valence-corrected chi connectivity index (χ2v) is 6.09. The third-order valence-corrected chi connectivity index (χ3v) is 4.38. The molecular weight excluding hydrogens is 256 g/mol. The van der Waals surface area contributed by atoms with Gasteiger partial charge in [-0.15, -0.1) is 11.8 Å². The van der Waals surface area contributed by atoms with Crippen LogP contribution in [-0.2, 0) is 4.79 Å². The average molecular weight is 280 g/mol. The minimum absolute atomic E-state index is 0.312. The van der Waals surface area contributed by atoms with Gasteiger partial charge in [0.25, 0.3) is 0 Å². The maximum atomic E-state index is 11.2. The highest BCUT2D eigenvalue weighted by Gasteiger charge is 2.18. The predicted octanol–water partition coefficient (Wildman–Crippen LogP) is 4.98. The molecule has 1 aromatic rings. The molecule has 0 bridgehead atoms. The van der Waals surface area contributed by atoms with Gasteiger partial charge in [0.2, 0.25) is 0 Å². The monoisotopic (exact) mass is 280 g/mol. The van der Waals surface area contributed by atoms with Gasteiger partial charge in [-0.05, 0) is 18.6 Å². The predicted molar refractivity (Wildman–Crippen MR) is 81.7 cm³/mol. The van der Waals surface area contributed by atoms with Crippen molar-refractivity contribution in [2.24, 2.45) is 0 Å². The van der Waals surface area contributed by atoms with Crippen LogP contribution in [0.1, 0.15) is 51.9 Å². The summed E-state index contributed by atoms with van der Waals surface area (Å²) in [6.07, 6.45) is 7.99. The van der Waals surface area contributed by atoms with Crippen molar-refractivity contribution >= 4 is 17.7 Å². The van der Waals surface area contributed by atoms with Gasteiger partial charge >= 0.3 is 5.97 Å². The Kier molecular flexibility index (Phi) is 8.39. The minimum Gasteiger partial charge on any atom is -0.480 e. The number of carbonyl (C=O) groups is 1. The van der Waals surface area contributed by atoms with E-state index < -0.39 is 5.97 Å². The van der Waals surface area contributed by atoms with Gasteiger partial charge in [-0.1, -0.05) is 63.6 Å². The molecular formula is C16H24O2S. The van der Waals surface area contributed by atoms with Crippen LogP contribution < -0.4 is 0 Å². The lowest BCUT2D eigenvalue weighted by molar-refractivity contribution is -0.136. The zero-order valence-corrected chi connectivity index (χ0v) is 12.5. The summed E-state index contributed by atoms with van der Waals surface area (Å²) in [5.74, 6) is -0.692. The zero-order chi connectivity index (χ0) is 13.9. The Labute approximate surface area is 120 Å². The molecule has 1 N–H and O–H groups in total. The van der Waals surface area contributed by atoms with E-state index >= 15 is 0 Å². The molecule has 106 valence electrons. The number of rotatable bonds is 10. The van der Waals surface area contributed by atoms with Crippen LogP contribution in [0, 0.1) is 0 Å². The lowest BCUT2D eigenvalue weighted by atomic mass is 10.1. The molecule has 0 saturated heterocycles. The summed E-state index contributed by atoms with van der Waals surface area (Å²) in [5, 5.41) is 8.94. The molecule has 2 nitrogen and oxygen atoms in total. The third kappa shape index (κ3) is 7.26. The fourth-order valence-electron chi connectivity index (χ4n) is 2.01. The van der Waals surface area contributed by atoms with Crippen molar-refractivity contribution in [2.45, 2.75) is 62.0 Å². The van der Waals surface area contributed by atoms with Gasteiger partial charge in [-0.3, -0.25) is 4.79 Å². The van der Waals surface area contributed by atoms with Crippen molar-refractivity contribution < 1.29 is 9.90 Å². The molecule has 0 amide bonds. The Bertz CT molecular complexity index is 351. The summed E-state index contributed by atoms with van der Waals surface area (Å²) >= 11 is 1.47. The second kappa shape index (κ2) is 9.90. The zero-order valence-electron chi connectivity index (χ0n) is 11.7. The van der Waals surface area contributed by atoms with E-state index in [1.807, 2.05) is 30.3 Å². The first-order valence-corrected chi connectivity index (χ1v) is 8.06. The van der Waals surface area contributed by atoms with Crippen molar-refractivity contribution in [3.05, 3.63) is 30.3 Å². The van der Waals surface area contributed by atoms with Gasteiger partial charge in [-0.2, -0.15) is 0 Å². The smallest absolute Gasteiger partial charge is 0.316 e. The largest absolute Gasteiger partial charge is 0.480 e. The molecule has 1 aromatic carbocycles. The molecule has 1 atom stereocenters.